The van der Waals surface area contributed by atoms with Gasteiger partial charge in [-0.25, -0.2) is 4.98 Å². The molecule has 0 aliphatic carbocycles. The van der Waals surface area contributed by atoms with Crippen molar-refractivity contribution in [2.45, 2.75) is 5.25 Å². The number of thiol groups is 1. The average Bonchev–Trinajstić information content (AvgIpc) is 3.00. The van der Waals surface area contributed by atoms with E-state index < -0.39 is 11.2 Å². The molecule has 1 heterocycles. The van der Waals surface area contributed by atoms with Gasteiger partial charge in [-0.1, -0.05) is 51.8 Å². The summed E-state index contributed by atoms with van der Waals surface area (Å²) in [5.41, 5.74) is 2.11. The van der Waals surface area contributed by atoms with Crippen LogP contribution in [0.15, 0.2) is 57.4 Å². The predicted octanol–water partition coefficient (Wildman–Crippen LogP) is 5.48. The second kappa shape index (κ2) is 7.01. The molecule has 3 rings (SSSR count). The largest absolute Gasteiger partial charge is 0.480 e. The monoisotopic (exact) mass is 423 g/mol. The number of carboxylic acid groups (broad SMARTS) is 1. The van der Waals surface area contributed by atoms with E-state index in [-0.39, 0.29) is 5.89 Å². The van der Waals surface area contributed by atoms with Crippen LogP contribution < -0.4 is 0 Å². The first-order valence-electron chi connectivity index (χ1n) is 6.89. The van der Waals surface area contributed by atoms with Gasteiger partial charge in [0.15, 0.2) is 11.0 Å². The first kappa shape index (κ1) is 17.1. The Hall–Kier alpha value is -1.76. The van der Waals surface area contributed by atoms with E-state index in [2.05, 4.69) is 33.5 Å². The number of benzene rings is 2. The zero-order valence-corrected chi connectivity index (χ0v) is 15.3. The van der Waals surface area contributed by atoms with E-state index in [1.54, 1.807) is 24.3 Å². The minimum Gasteiger partial charge on any atom is -0.480 e. The molecule has 3 aromatic rings. The summed E-state index contributed by atoms with van der Waals surface area (Å²) in [5, 5.41) is 8.61. The number of nitrogens with zero attached hydrogens (tertiary/aromatic N) is 1. The van der Waals surface area contributed by atoms with Crippen LogP contribution in [0.25, 0.3) is 22.6 Å². The Morgan fingerprint density at radius 3 is 2.29 bits per heavy atom. The summed E-state index contributed by atoms with van der Waals surface area (Å²) in [7, 11) is 0. The van der Waals surface area contributed by atoms with Gasteiger partial charge in [-0.15, -0.1) is 0 Å². The van der Waals surface area contributed by atoms with E-state index in [4.69, 9.17) is 21.1 Å². The van der Waals surface area contributed by atoms with E-state index in [1.165, 1.54) is 0 Å². The molecule has 1 atom stereocenters. The van der Waals surface area contributed by atoms with Gasteiger partial charge in [-0.2, -0.15) is 12.6 Å². The maximum absolute atomic E-state index is 11.2. The number of aliphatic carboxylic acids is 1. The highest BCUT2D eigenvalue weighted by molar-refractivity contribution is 9.10. The summed E-state index contributed by atoms with van der Waals surface area (Å²) >= 11 is 13.4. The Bertz CT molecular complexity index is 815. The summed E-state index contributed by atoms with van der Waals surface area (Å²) in [6, 6.07) is 14.6. The molecule has 1 unspecified atom stereocenters. The predicted molar refractivity (Wildman–Crippen MR) is 99.4 cm³/mol. The molecule has 0 radical (unpaired) electrons. The lowest BCUT2D eigenvalue weighted by molar-refractivity contribution is -0.136. The van der Waals surface area contributed by atoms with Crippen LogP contribution in [0.4, 0.5) is 0 Å². The molecule has 24 heavy (non-hydrogen) atoms. The standard InChI is InChI=1S/C17H11BrClNO3S/c18-11-5-1-10(2-6-11)14-13(9-3-7-12(19)8-4-9)20-16(23-14)15(24)17(21)22/h1-8,15,24H,(H,21,22). The highest BCUT2D eigenvalue weighted by Crippen LogP contribution is 2.36. The van der Waals surface area contributed by atoms with Gasteiger partial charge in [0, 0.05) is 20.6 Å². The van der Waals surface area contributed by atoms with Crippen molar-refractivity contribution in [2.24, 2.45) is 0 Å². The molecule has 0 saturated heterocycles. The Kier molecular flexibility index (Phi) is 4.99. The summed E-state index contributed by atoms with van der Waals surface area (Å²) in [5.74, 6) is -0.599. The second-order valence-electron chi connectivity index (χ2n) is 4.98. The molecule has 0 fully saturated rings. The molecule has 4 nitrogen and oxygen atoms in total. The van der Waals surface area contributed by atoms with Crippen molar-refractivity contribution in [3.05, 3.63) is 63.9 Å². The third kappa shape index (κ3) is 3.50. The SMILES string of the molecule is O=C(O)C(S)c1nc(-c2ccc(Cl)cc2)c(-c2ccc(Br)cc2)o1. The normalized spacial score (nSPS) is 12.1. The molecule has 0 aliphatic rings. The Morgan fingerprint density at radius 1 is 1.12 bits per heavy atom. The van der Waals surface area contributed by atoms with E-state index in [1.807, 2.05) is 24.3 Å². The van der Waals surface area contributed by atoms with Crippen LogP contribution >= 0.6 is 40.2 Å². The van der Waals surface area contributed by atoms with E-state index in [0.29, 0.717) is 16.5 Å². The fourth-order valence-electron chi connectivity index (χ4n) is 2.16. The minimum atomic E-state index is -1.14. The third-order valence-electron chi connectivity index (χ3n) is 3.34. The van der Waals surface area contributed by atoms with E-state index >= 15 is 0 Å². The fraction of sp³-hybridized carbons (Fsp3) is 0.0588. The summed E-state index contributed by atoms with van der Waals surface area (Å²) in [6.07, 6.45) is 0. The van der Waals surface area contributed by atoms with Gasteiger partial charge in [0.1, 0.15) is 5.69 Å². The Labute approximate surface area is 157 Å². The molecule has 0 saturated carbocycles. The van der Waals surface area contributed by atoms with Crippen molar-refractivity contribution >= 4 is 46.1 Å². The number of hydrogen-bond acceptors (Lipinski definition) is 4. The van der Waals surface area contributed by atoms with E-state index in [0.717, 1.165) is 15.6 Å². The molecule has 2 aromatic carbocycles. The van der Waals surface area contributed by atoms with Crippen molar-refractivity contribution in [2.75, 3.05) is 0 Å². The van der Waals surface area contributed by atoms with Gasteiger partial charge >= 0.3 is 5.97 Å². The highest BCUT2D eigenvalue weighted by atomic mass is 79.9. The zero-order valence-electron chi connectivity index (χ0n) is 12.1. The minimum absolute atomic E-state index is 0.0358. The van der Waals surface area contributed by atoms with Crippen LogP contribution in [0.3, 0.4) is 0 Å². The fourth-order valence-corrected chi connectivity index (χ4v) is 2.66. The lowest BCUT2D eigenvalue weighted by Crippen LogP contribution is -2.05. The van der Waals surface area contributed by atoms with Gasteiger partial charge in [0.2, 0.25) is 5.89 Å². The van der Waals surface area contributed by atoms with Gasteiger partial charge in [-0.05, 0) is 24.3 Å². The molecule has 1 aromatic heterocycles. The number of aromatic nitrogens is 1. The molecule has 0 bridgehead atoms. The topological polar surface area (TPSA) is 63.3 Å². The van der Waals surface area contributed by atoms with Gasteiger partial charge < -0.3 is 9.52 Å². The van der Waals surface area contributed by atoms with Crippen LogP contribution in [-0.2, 0) is 4.79 Å². The summed E-state index contributed by atoms with van der Waals surface area (Å²) < 4.78 is 6.66. The average molecular weight is 425 g/mol. The van der Waals surface area contributed by atoms with Crippen LogP contribution in [-0.4, -0.2) is 16.1 Å². The number of carbonyl (C=O) groups is 1. The summed E-state index contributed by atoms with van der Waals surface area (Å²) in [4.78, 5) is 15.5. The van der Waals surface area contributed by atoms with Gasteiger partial charge in [0.05, 0.1) is 0 Å². The first-order chi connectivity index (χ1) is 11.5. The second-order valence-corrected chi connectivity index (χ2v) is 6.85. The van der Waals surface area contributed by atoms with Crippen molar-refractivity contribution in [3.63, 3.8) is 0 Å². The zero-order chi connectivity index (χ0) is 17.3. The lowest BCUT2D eigenvalue weighted by atomic mass is 10.1. The molecule has 0 aliphatic heterocycles. The number of halogens is 2. The third-order valence-corrected chi connectivity index (χ3v) is 4.56. The van der Waals surface area contributed by atoms with Gasteiger partial charge in [-0.3, -0.25) is 4.79 Å². The molecule has 1 N–H and O–H groups in total. The van der Waals surface area contributed by atoms with Gasteiger partial charge in [0.25, 0.3) is 0 Å². The first-order valence-corrected chi connectivity index (χ1v) is 8.58. The van der Waals surface area contributed by atoms with Crippen molar-refractivity contribution < 1.29 is 14.3 Å². The Morgan fingerprint density at radius 2 is 1.71 bits per heavy atom. The molecule has 7 heteroatoms. The highest BCUT2D eigenvalue weighted by Gasteiger charge is 2.25. The number of carboxylic acids is 1. The molecule has 122 valence electrons. The molecular weight excluding hydrogens is 414 g/mol. The number of rotatable bonds is 4. The van der Waals surface area contributed by atoms with Crippen LogP contribution in [0.1, 0.15) is 11.1 Å². The van der Waals surface area contributed by atoms with Crippen LogP contribution in [0.2, 0.25) is 5.02 Å². The van der Waals surface area contributed by atoms with E-state index in [9.17, 15) is 4.79 Å². The molecule has 0 spiro atoms. The van der Waals surface area contributed by atoms with Crippen LogP contribution in [0, 0.1) is 0 Å². The quantitative estimate of drug-likeness (QED) is 0.544. The molecule has 0 amide bonds. The summed E-state index contributed by atoms with van der Waals surface area (Å²) in [6.45, 7) is 0. The van der Waals surface area contributed by atoms with Crippen molar-refractivity contribution in [1.82, 2.24) is 4.98 Å². The number of oxazole rings is 1. The lowest BCUT2D eigenvalue weighted by Gasteiger charge is -2.02. The van der Waals surface area contributed by atoms with Crippen LogP contribution in [0.5, 0.6) is 0 Å². The smallest absolute Gasteiger partial charge is 0.325 e. The molecular formula is C17H11BrClNO3S. The van der Waals surface area contributed by atoms with Crippen molar-refractivity contribution in [3.8, 4) is 22.6 Å². The number of hydrogen-bond donors (Lipinski definition) is 2. The maximum Gasteiger partial charge on any atom is 0.325 e. The maximum atomic E-state index is 11.2. The van der Waals surface area contributed by atoms with Crippen molar-refractivity contribution in [1.29, 1.82) is 0 Å². The Balaban J connectivity index is 2.16.